The van der Waals surface area contributed by atoms with Gasteiger partial charge in [-0.25, -0.2) is 5.43 Å². The lowest BCUT2D eigenvalue weighted by molar-refractivity contribution is -0.384. The molecule has 0 aliphatic carbocycles. The lowest BCUT2D eigenvalue weighted by atomic mass is 10.1. The summed E-state index contributed by atoms with van der Waals surface area (Å²) >= 11 is 0. The molecular formula is C24H19N5O4. The van der Waals surface area contributed by atoms with E-state index in [0.717, 1.165) is 16.9 Å². The molecule has 0 fully saturated rings. The summed E-state index contributed by atoms with van der Waals surface area (Å²) in [6.07, 6.45) is 1.40. The Morgan fingerprint density at radius 2 is 1.79 bits per heavy atom. The predicted molar refractivity (Wildman–Crippen MR) is 123 cm³/mol. The largest absolute Gasteiger partial charge is 0.489 e. The Hall–Kier alpha value is -4.79. The molecule has 4 rings (SSSR count). The smallest absolute Gasteiger partial charge is 0.289 e. The molecule has 0 saturated heterocycles. The van der Waals surface area contributed by atoms with E-state index in [1.165, 1.54) is 30.5 Å². The van der Waals surface area contributed by atoms with Crippen LogP contribution in [0.15, 0.2) is 90.0 Å². The van der Waals surface area contributed by atoms with Gasteiger partial charge in [-0.2, -0.15) is 10.2 Å². The van der Waals surface area contributed by atoms with Gasteiger partial charge in [0.25, 0.3) is 11.6 Å². The molecule has 1 aromatic heterocycles. The van der Waals surface area contributed by atoms with Gasteiger partial charge in [0, 0.05) is 17.7 Å². The summed E-state index contributed by atoms with van der Waals surface area (Å²) in [5, 5.41) is 21.4. The first-order valence-electron chi connectivity index (χ1n) is 9.99. The first-order chi connectivity index (χ1) is 16.1. The van der Waals surface area contributed by atoms with Crippen molar-refractivity contribution >= 4 is 17.8 Å². The highest BCUT2D eigenvalue weighted by atomic mass is 16.6. The van der Waals surface area contributed by atoms with E-state index < -0.39 is 10.8 Å². The highest BCUT2D eigenvalue weighted by Crippen LogP contribution is 2.22. The number of non-ortho nitro benzene ring substituents is 1. The Labute approximate surface area is 188 Å². The third-order valence-corrected chi connectivity index (χ3v) is 4.70. The van der Waals surface area contributed by atoms with Gasteiger partial charge < -0.3 is 4.74 Å². The molecule has 0 aliphatic heterocycles. The van der Waals surface area contributed by atoms with Gasteiger partial charge >= 0.3 is 0 Å². The van der Waals surface area contributed by atoms with E-state index in [9.17, 15) is 14.9 Å². The van der Waals surface area contributed by atoms with Crippen LogP contribution in [0.1, 0.15) is 21.6 Å². The van der Waals surface area contributed by atoms with Crippen molar-refractivity contribution in [3.8, 4) is 17.0 Å². The number of H-pyrrole nitrogens is 1. The van der Waals surface area contributed by atoms with Crippen molar-refractivity contribution in [2.75, 3.05) is 0 Å². The van der Waals surface area contributed by atoms with Crippen molar-refractivity contribution in [3.05, 3.63) is 112 Å². The zero-order chi connectivity index (χ0) is 23.0. The Balaban J connectivity index is 1.33. The minimum atomic E-state index is -0.482. The number of nitrogens with zero attached hydrogens (tertiary/aromatic N) is 3. The van der Waals surface area contributed by atoms with Crippen LogP contribution in [0.25, 0.3) is 11.3 Å². The van der Waals surface area contributed by atoms with Crippen LogP contribution in [0.5, 0.6) is 5.75 Å². The second-order valence-electron chi connectivity index (χ2n) is 7.01. The number of ether oxygens (including phenoxy) is 1. The molecule has 9 heteroatoms. The summed E-state index contributed by atoms with van der Waals surface area (Å²) < 4.78 is 5.78. The van der Waals surface area contributed by atoms with Crippen LogP contribution >= 0.6 is 0 Å². The number of aromatic nitrogens is 2. The van der Waals surface area contributed by atoms with Gasteiger partial charge in [-0.3, -0.25) is 20.0 Å². The summed E-state index contributed by atoms with van der Waals surface area (Å²) in [5.41, 5.74) is 5.75. The standard InChI is InChI=1S/C24H19N5O4/c30-24(28-25-15-17-6-10-20(11-7-17)29(31)32)23-14-22(26-27-23)19-8-12-21(13-9-19)33-16-18-4-2-1-3-5-18/h1-15H,16H2,(H,26,27)(H,28,30)/b25-15-. The molecule has 33 heavy (non-hydrogen) atoms. The van der Waals surface area contributed by atoms with Gasteiger partial charge in [0.1, 0.15) is 18.1 Å². The Kier molecular flexibility index (Phi) is 6.51. The SMILES string of the molecule is O=C(N/N=C\c1ccc([N+](=O)[O-])cc1)c1cc(-c2ccc(OCc3ccccc3)cc2)n[nH]1. The number of hydrogen-bond donors (Lipinski definition) is 2. The predicted octanol–water partition coefficient (Wildman–Crippen LogP) is 4.33. The van der Waals surface area contributed by atoms with E-state index in [0.29, 0.717) is 17.9 Å². The number of aromatic amines is 1. The zero-order valence-corrected chi connectivity index (χ0v) is 17.3. The minimum Gasteiger partial charge on any atom is -0.489 e. The van der Waals surface area contributed by atoms with Crippen LogP contribution in [-0.4, -0.2) is 27.2 Å². The molecule has 164 valence electrons. The second kappa shape index (κ2) is 10.0. The number of hydrazone groups is 1. The number of amides is 1. The fourth-order valence-electron chi connectivity index (χ4n) is 2.96. The van der Waals surface area contributed by atoms with Gasteiger partial charge in [-0.1, -0.05) is 30.3 Å². The highest BCUT2D eigenvalue weighted by molar-refractivity contribution is 5.94. The number of nitrogens with one attached hydrogen (secondary N) is 2. The number of hydrogen-bond acceptors (Lipinski definition) is 6. The summed E-state index contributed by atoms with van der Waals surface area (Å²) in [6.45, 7) is 0.479. The quantitative estimate of drug-likeness (QED) is 0.239. The molecule has 0 spiro atoms. The first kappa shape index (κ1) is 21.4. The van der Waals surface area contributed by atoms with Crippen molar-refractivity contribution in [1.29, 1.82) is 0 Å². The van der Waals surface area contributed by atoms with Crippen molar-refractivity contribution < 1.29 is 14.5 Å². The fourth-order valence-corrected chi connectivity index (χ4v) is 2.96. The molecule has 0 aliphatic rings. The third-order valence-electron chi connectivity index (χ3n) is 4.70. The molecule has 0 saturated carbocycles. The number of nitro benzene ring substituents is 1. The van der Waals surface area contributed by atoms with E-state index in [2.05, 4.69) is 20.7 Å². The maximum absolute atomic E-state index is 12.3. The monoisotopic (exact) mass is 441 g/mol. The molecule has 0 bridgehead atoms. The molecule has 9 nitrogen and oxygen atoms in total. The summed E-state index contributed by atoms with van der Waals surface area (Å²) in [6, 6.07) is 24.7. The molecule has 2 N–H and O–H groups in total. The van der Waals surface area contributed by atoms with Crippen LogP contribution in [-0.2, 0) is 6.61 Å². The molecule has 3 aromatic carbocycles. The molecular weight excluding hydrogens is 422 g/mol. The average Bonchev–Trinajstić information content (AvgIpc) is 3.34. The van der Waals surface area contributed by atoms with Gasteiger partial charge in [0.15, 0.2) is 0 Å². The molecule has 0 atom stereocenters. The molecule has 0 radical (unpaired) electrons. The van der Waals surface area contributed by atoms with Crippen LogP contribution < -0.4 is 10.2 Å². The summed E-state index contributed by atoms with van der Waals surface area (Å²) in [4.78, 5) is 22.5. The van der Waals surface area contributed by atoms with Crippen LogP contribution in [0.3, 0.4) is 0 Å². The van der Waals surface area contributed by atoms with Crippen molar-refractivity contribution in [2.24, 2.45) is 5.10 Å². The Morgan fingerprint density at radius 1 is 1.06 bits per heavy atom. The van der Waals surface area contributed by atoms with E-state index in [1.54, 1.807) is 6.07 Å². The molecule has 4 aromatic rings. The Morgan fingerprint density at radius 3 is 2.48 bits per heavy atom. The van der Waals surface area contributed by atoms with Gasteiger partial charge in [0.2, 0.25) is 0 Å². The highest BCUT2D eigenvalue weighted by Gasteiger charge is 2.11. The molecule has 1 amide bonds. The van der Waals surface area contributed by atoms with Gasteiger partial charge in [0.05, 0.1) is 16.8 Å². The van der Waals surface area contributed by atoms with Gasteiger partial charge in [-0.15, -0.1) is 0 Å². The maximum atomic E-state index is 12.3. The molecule has 0 unspecified atom stereocenters. The fraction of sp³-hybridized carbons (Fsp3) is 0.0417. The first-order valence-corrected chi connectivity index (χ1v) is 9.99. The van der Waals surface area contributed by atoms with E-state index >= 15 is 0 Å². The Bertz CT molecular complexity index is 1270. The average molecular weight is 441 g/mol. The van der Waals surface area contributed by atoms with E-state index in [-0.39, 0.29) is 11.4 Å². The second-order valence-corrected chi connectivity index (χ2v) is 7.01. The van der Waals surface area contributed by atoms with Crippen molar-refractivity contribution in [1.82, 2.24) is 15.6 Å². The number of nitro groups is 1. The minimum absolute atomic E-state index is 0.0167. The number of carbonyl (C=O) groups is 1. The van der Waals surface area contributed by atoms with Crippen LogP contribution in [0.2, 0.25) is 0 Å². The third kappa shape index (κ3) is 5.67. The number of benzene rings is 3. The number of carbonyl (C=O) groups excluding carboxylic acids is 1. The topological polar surface area (TPSA) is 123 Å². The van der Waals surface area contributed by atoms with Crippen molar-refractivity contribution in [2.45, 2.75) is 6.61 Å². The lowest BCUT2D eigenvalue weighted by Crippen LogP contribution is -2.17. The zero-order valence-electron chi connectivity index (χ0n) is 17.3. The lowest BCUT2D eigenvalue weighted by Gasteiger charge is -2.06. The van der Waals surface area contributed by atoms with Gasteiger partial charge in [-0.05, 0) is 53.6 Å². The maximum Gasteiger partial charge on any atom is 0.289 e. The van der Waals surface area contributed by atoms with Crippen LogP contribution in [0, 0.1) is 10.1 Å². The van der Waals surface area contributed by atoms with E-state index in [1.807, 2.05) is 54.6 Å². The van der Waals surface area contributed by atoms with E-state index in [4.69, 9.17) is 4.74 Å². The summed E-state index contributed by atoms with van der Waals surface area (Å²) in [7, 11) is 0. The van der Waals surface area contributed by atoms with Crippen LogP contribution in [0.4, 0.5) is 5.69 Å². The van der Waals surface area contributed by atoms with Crippen molar-refractivity contribution in [3.63, 3.8) is 0 Å². The molecule has 1 heterocycles. The summed E-state index contributed by atoms with van der Waals surface area (Å²) in [5.74, 6) is 0.270. The number of rotatable bonds is 8. The normalized spacial score (nSPS) is 10.8.